The topological polar surface area (TPSA) is 48.0 Å². The lowest BCUT2D eigenvalue weighted by Gasteiger charge is -2.37. The molecule has 5 heteroatoms. The molecule has 2 aromatic carbocycles. The van der Waals surface area contributed by atoms with Crippen LogP contribution in [0, 0.1) is 0 Å². The zero-order valence-electron chi connectivity index (χ0n) is 18.3. The summed E-state index contributed by atoms with van der Waals surface area (Å²) in [7, 11) is 3.16. The van der Waals surface area contributed by atoms with E-state index in [1.165, 1.54) is 12.7 Å². The summed E-state index contributed by atoms with van der Waals surface area (Å²) in [5.41, 5.74) is 2.34. The van der Waals surface area contributed by atoms with Gasteiger partial charge in [0.15, 0.2) is 0 Å². The molecular formula is C25H33NO4. The molecule has 0 aliphatic carbocycles. The van der Waals surface area contributed by atoms with Crippen LogP contribution in [-0.4, -0.2) is 39.4 Å². The lowest BCUT2D eigenvalue weighted by molar-refractivity contribution is -0.141. The number of rotatable bonds is 9. The number of hydrogen-bond donors (Lipinski definition) is 0. The number of piperidine rings is 1. The fourth-order valence-electron chi connectivity index (χ4n) is 4.04. The van der Waals surface area contributed by atoms with Crippen molar-refractivity contribution in [2.45, 2.75) is 51.0 Å². The average molecular weight is 412 g/mol. The summed E-state index contributed by atoms with van der Waals surface area (Å²) in [4.78, 5) is 14.2. The third-order valence-corrected chi connectivity index (χ3v) is 5.87. The number of para-hydroxylation sites is 1. The summed E-state index contributed by atoms with van der Waals surface area (Å²) in [5, 5.41) is 0. The lowest BCUT2D eigenvalue weighted by Crippen LogP contribution is -2.41. The number of esters is 1. The van der Waals surface area contributed by atoms with Gasteiger partial charge in [-0.1, -0.05) is 25.1 Å². The predicted molar refractivity (Wildman–Crippen MR) is 120 cm³/mol. The van der Waals surface area contributed by atoms with E-state index in [0.29, 0.717) is 18.9 Å². The fraction of sp³-hybridized carbons (Fsp3) is 0.480. The van der Waals surface area contributed by atoms with Crippen LogP contribution in [-0.2, 0) is 9.53 Å². The second-order valence-corrected chi connectivity index (χ2v) is 7.94. The predicted octanol–water partition coefficient (Wildman–Crippen LogP) is 5.19. The number of carbonyl (C=O) groups excluding carboxylic acids is 1. The highest BCUT2D eigenvalue weighted by Crippen LogP contribution is 2.34. The van der Waals surface area contributed by atoms with Crippen LogP contribution in [0.3, 0.4) is 0 Å². The second-order valence-electron chi connectivity index (χ2n) is 7.94. The number of methoxy groups -OCH3 is 2. The molecule has 2 unspecified atom stereocenters. The molecule has 162 valence electrons. The van der Waals surface area contributed by atoms with Gasteiger partial charge in [0.2, 0.25) is 0 Å². The SMILES string of the molecule is COC(=O)CC1CCCCN1c1cc(OC)cc(C(C)CCOc2ccccc2)c1. The molecule has 0 bridgehead atoms. The highest BCUT2D eigenvalue weighted by Gasteiger charge is 2.26. The van der Waals surface area contributed by atoms with Crippen LogP contribution in [0.5, 0.6) is 11.5 Å². The molecule has 2 atom stereocenters. The standard InChI is InChI=1S/C25H33NO4/c1-19(12-14-30-23-10-5-4-6-11-23)20-15-22(17-24(16-20)28-2)26-13-8-7-9-21(26)18-25(27)29-3/h4-6,10-11,15-17,19,21H,7-9,12-14,18H2,1-3H3. The van der Waals surface area contributed by atoms with Gasteiger partial charge in [0.1, 0.15) is 11.5 Å². The minimum absolute atomic E-state index is 0.151. The summed E-state index contributed by atoms with van der Waals surface area (Å²) < 4.78 is 16.4. The van der Waals surface area contributed by atoms with Gasteiger partial charge >= 0.3 is 5.97 Å². The Bertz CT molecular complexity index is 808. The van der Waals surface area contributed by atoms with Crippen LogP contribution in [0.4, 0.5) is 5.69 Å². The molecule has 30 heavy (non-hydrogen) atoms. The second kappa shape index (κ2) is 10.9. The first-order valence-corrected chi connectivity index (χ1v) is 10.8. The fourth-order valence-corrected chi connectivity index (χ4v) is 4.04. The summed E-state index contributed by atoms with van der Waals surface area (Å²) in [6.07, 6.45) is 4.60. The maximum Gasteiger partial charge on any atom is 0.307 e. The maximum absolute atomic E-state index is 11.9. The monoisotopic (exact) mass is 411 g/mol. The molecule has 3 rings (SSSR count). The Hall–Kier alpha value is -2.69. The first-order valence-electron chi connectivity index (χ1n) is 10.8. The molecule has 5 nitrogen and oxygen atoms in total. The molecule has 0 N–H and O–H groups in total. The van der Waals surface area contributed by atoms with Crippen LogP contribution >= 0.6 is 0 Å². The largest absolute Gasteiger partial charge is 0.497 e. The van der Waals surface area contributed by atoms with Crippen molar-refractivity contribution in [2.24, 2.45) is 0 Å². The highest BCUT2D eigenvalue weighted by atomic mass is 16.5. The quantitative estimate of drug-likeness (QED) is 0.532. The van der Waals surface area contributed by atoms with Gasteiger partial charge in [-0.05, 0) is 61.4 Å². The van der Waals surface area contributed by atoms with E-state index < -0.39 is 0 Å². The number of carbonyl (C=O) groups is 1. The minimum atomic E-state index is -0.151. The van der Waals surface area contributed by atoms with Crippen molar-refractivity contribution >= 4 is 11.7 Å². The molecule has 0 saturated carbocycles. The Morgan fingerprint density at radius 1 is 1.10 bits per heavy atom. The van der Waals surface area contributed by atoms with E-state index in [9.17, 15) is 4.79 Å². The molecule has 2 aromatic rings. The summed E-state index contributed by atoms with van der Waals surface area (Å²) in [6.45, 7) is 3.82. The van der Waals surface area contributed by atoms with Gasteiger partial charge in [0.05, 0.1) is 27.2 Å². The molecule has 1 saturated heterocycles. The smallest absolute Gasteiger partial charge is 0.307 e. The van der Waals surface area contributed by atoms with Crippen molar-refractivity contribution in [1.82, 2.24) is 0 Å². The van der Waals surface area contributed by atoms with Crippen LogP contribution in [0.1, 0.15) is 50.5 Å². The first kappa shape index (κ1) is 22.0. The molecule has 0 radical (unpaired) electrons. The Balaban J connectivity index is 1.72. The van der Waals surface area contributed by atoms with Crippen molar-refractivity contribution in [3.05, 3.63) is 54.1 Å². The number of nitrogens with zero attached hydrogens (tertiary/aromatic N) is 1. The Labute approximate surface area is 179 Å². The summed E-state index contributed by atoms with van der Waals surface area (Å²) in [5.74, 6) is 1.92. The zero-order valence-corrected chi connectivity index (χ0v) is 18.3. The van der Waals surface area contributed by atoms with E-state index in [1.54, 1.807) is 7.11 Å². The van der Waals surface area contributed by atoms with E-state index in [2.05, 4.69) is 30.0 Å². The van der Waals surface area contributed by atoms with Crippen molar-refractivity contribution in [1.29, 1.82) is 0 Å². The molecule has 1 aliphatic rings. The van der Waals surface area contributed by atoms with Gasteiger partial charge in [0, 0.05) is 24.3 Å². The van der Waals surface area contributed by atoms with E-state index >= 15 is 0 Å². The molecular weight excluding hydrogens is 378 g/mol. The van der Waals surface area contributed by atoms with E-state index in [4.69, 9.17) is 14.2 Å². The van der Waals surface area contributed by atoms with Crippen LogP contribution < -0.4 is 14.4 Å². The van der Waals surface area contributed by atoms with Gasteiger partial charge in [-0.3, -0.25) is 4.79 Å². The summed E-state index contributed by atoms with van der Waals surface area (Å²) >= 11 is 0. The molecule has 0 spiro atoms. The normalized spacial score (nSPS) is 17.3. The summed E-state index contributed by atoms with van der Waals surface area (Å²) in [6, 6.07) is 16.5. The molecule has 1 heterocycles. The Morgan fingerprint density at radius 3 is 2.63 bits per heavy atom. The van der Waals surface area contributed by atoms with Crippen LogP contribution in [0.15, 0.2) is 48.5 Å². The number of hydrogen-bond acceptors (Lipinski definition) is 5. The zero-order chi connectivity index (χ0) is 21.3. The lowest BCUT2D eigenvalue weighted by atomic mass is 9.94. The first-order chi connectivity index (χ1) is 14.6. The number of benzene rings is 2. The molecule has 0 aromatic heterocycles. The average Bonchev–Trinajstić information content (AvgIpc) is 2.79. The van der Waals surface area contributed by atoms with Gasteiger partial charge in [0.25, 0.3) is 0 Å². The third kappa shape index (κ3) is 5.91. The molecule has 0 amide bonds. The van der Waals surface area contributed by atoms with Crippen LogP contribution in [0.2, 0.25) is 0 Å². The van der Waals surface area contributed by atoms with Crippen molar-refractivity contribution in [3.63, 3.8) is 0 Å². The van der Waals surface area contributed by atoms with Crippen molar-refractivity contribution in [3.8, 4) is 11.5 Å². The van der Waals surface area contributed by atoms with E-state index in [1.807, 2.05) is 30.3 Å². The maximum atomic E-state index is 11.9. The van der Waals surface area contributed by atoms with Gasteiger partial charge in [-0.2, -0.15) is 0 Å². The van der Waals surface area contributed by atoms with Crippen molar-refractivity contribution in [2.75, 3.05) is 32.3 Å². The Morgan fingerprint density at radius 2 is 1.90 bits per heavy atom. The molecule has 1 aliphatic heterocycles. The number of ether oxygens (including phenoxy) is 3. The van der Waals surface area contributed by atoms with Gasteiger partial charge in [-0.15, -0.1) is 0 Å². The Kier molecular flexibility index (Phi) is 8.00. The van der Waals surface area contributed by atoms with E-state index in [0.717, 1.165) is 49.4 Å². The van der Waals surface area contributed by atoms with Crippen molar-refractivity contribution < 1.29 is 19.0 Å². The van der Waals surface area contributed by atoms with Crippen LogP contribution in [0.25, 0.3) is 0 Å². The van der Waals surface area contributed by atoms with Gasteiger partial charge < -0.3 is 19.1 Å². The van der Waals surface area contributed by atoms with Gasteiger partial charge in [-0.25, -0.2) is 0 Å². The third-order valence-electron chi connectivity index (χ3n) is 5.87. The minimum Gasteiger partial charge on any atom is -0.497 e. The highest BCUT2D eigenvalue weighted by molar-refractivity contribution is 5.71. The van der Waals surface area contributed by atoms with E-state index in [-0.39, 0.29) is 12.0 Å². The number of anilines is 1. The molecule has 1 fully saturated rings.